The summed E-state index contributed by atoms with van der Waals surface area (Å²) in [6, 6.07) is 9.67. The van der Waals surface area contributed by atoms with Crippen molar-refractivity contribution >= 4 is 11.0 Å². The van der Waals surface area contributed by atoms with Crippen molar-refractivity contribution in [3.63, 3.8) is 0 Å². The Morgan fingerprint density at radius 3 is 2.88 bits per heavy atom. The van der Waals surface area contributed by atoms with Crippen LogP contribution in [0.1, 0.15) is 5.89 Å². The summed E-state index contributed by atoms with van der Waals surface area (Å²) in [6.45, 7) is 0.549. The number of furan rings is 1. The lowest BCUT2D eigenvalue weighted by Gasteiger charge is -1.89. The monoisotopic (exact) mass is 229 g/mol. The molecule has 0 amide bonds. The molecule has 0 saturated carbocycles. The fourth-order valence-corrected chi connectivity index (χ4v) is 1.66. The Balaban J connectivity index is 2.01. The van der Waals surface area contributed by atoms with Gasteiger partial charge in [-0.15, -0.1) is 10.2 Å². The smallest absolute Gasteiger partial charge is 0.283 e. The van der Waals surface area contributed by atoms with Gasteiger partial charge in [0.2, 0.25) is 5.89 Å². The number of nitrogens with zero attached hydrogens (tertiary/aromatic N) is 2. The zero-order chi connectivity index (χ0) is 11.7. The molecule has 2 aromatic heterocycles. The first kappa shape index (κ1) is 10.0. The molecule has 5 heteroatoms. The summed E-state index contributed by atoms with van der Waals surface area (Å²) in [5.41, 5.74) is 0.816. The molecule has 17 heavy (non-hydrogen) atoms. The molecule has 1 N–H and O–H groups in total. The first-order chi connectivity index (χ1) is 8.36. The van der Waals surface area contributed by atoms with Crippen LogP contribution in [0.2, 0.25) is 0 Å². The number of para-hydroxylation sites is 1. The minimum absolute atomic E-state index is 0.409. The predicted molar refractivity (Wildman–Crippen MR) is 62.3 cm³/mol. The van der Waals surface area contributed by atoms with E-state index in [9.17, 15) is 0 Å². The Kier molecular flexibility index (Phi) is 2.38. The van der Waals surface area contributed by atoms with Gasteiger partial charge in [0.1, 0.15) is 5.58 Å². The number of hydrogen-bond acceptors (Lipinski definition) is 5. The number of aromatic nitrogens is 2. The molecule has 0 aliphatic heterocycles. The number of benzene rings is 1. The van der Waals surface area contributed by atoms with Gasteiger partial charge in [-0.2, -0.15) is 0 Å². The van der Waals surface area contributed by atoms with E-state index < -0.39 is 0 Å². The SMILES string of the molecule is CNCc1nnc(-c2cc3ccccc3o2)o1. The lowest BCUT2D eigenvalue weighted by Crippen LogP contribution is -2.04. The maximum Gasteiger partial charge on any atom is 0.283 e. The van der Waals surface area contributed by atoms with Gasteiger partial charge in [0, 0.05) is 5.39 Å². The molecule has 0 saturated heterocycles. The van der Waals surface area contributed by atoms with Crippen molar-refractivity contribution in [3.05, 3.63) is 36.2 Å². The van der Waals surface area contributed by atoms with Crippen molar-refractivity contribution in [2.24, 2.45) is 0 Å². The largest absolute Gasteiger partial charge is 0.451 e. The van der Waals surface area contributed by atoms with Gasteiger partial charge >= 0.3 is 0 Å². The summed E-state index contributed by atoms with van der Waals surface area (Å²) < 4.78 is 11.1. The molecule has 0 bridgehead atoms. The number of fused-ring (bicyclic) bond motifs is 1. The Morgan fingerprint density at radius 2 is 2.06 bits per heavy atom. The fourth-order valence-electron chi connectivity index (χ4n) is 1.66. The highest BCUT2D eigenvalue weighted by atomic mass is 16.4. The second-order valence-electron chi connectivity index (χ2n) is 3.68. The fraction of sp³-hybridized carbons (Fsp3) is 0.167. The molecule has 86 valence electrons. The van der Waals surface area contributed by atoms with Gasteiger partial charge in [0.05, 0.1) is 6.54 Å². The normalized spacial score (nSPS) is 11.1. The Bertz CT molecular complexity index is 609. The third-order valence-corrected chi connectivity index (χ3v) is 2.43. The molecular formula is C12H11N3O2. The van der Waals surface area contributed by atoms with E-state index in [1.165, 1.54) is 0 Å². The van der Waals surface area contributed by atoms with Gasteiger partial charge in [0.25, 0.3) is 5.89 Å². The molecule has 0 aliphatic rings. The molecule has 0 spiro atoms. The van der Waals surface area contributed by atoms with Crippen molar-refractivity contribution in [2.75, 3.05) is 7.05 Å². The van der Waals surface area contributed by atoms with Crippen LogP contribution >= 0.6 is 0 Å². The average Bonchev–Trinajstić information content (AvgIpc) is 2.94. The lowest BCUT2D eigenvalue weighted by molar-refractivity contribution is 0.475. The molecular weight excluding hydrogens is 218 g/mol. The van der Waals surface area contributed by atoms with Gasteiger partial charge in [-0.3, -0.25) is 0 Å². The molecule has 5 nitrogen and oxygen atoms in total. The van der Waals surface area contributed by atoms with Crippen LogP contribution in [0, 0.1) is 0 Å². The van der Waals surface area contributed by atoms with Gasteiger partial charge in [0.15, 0.2) is 5.76 Å². The van der Waals surface area contributed by atoms with Crippen LogP contribution in [0.3, 0.4) is 0 Å². The van der Waals surface area contributed by atoms with Crippen molar-refractivity contribution in [2.45, 2.75) is 6.54 Å². The standard InChI is InChI=1S/C12H11N3O2/c1-13-7-11-14-15-12(17-11)10-6-8-4-2-3-5-9(8)16-10/h2-6,13H,7H2,1H3. The first-order valence-corrected chi connectivity index (χ1v) is 5.33. The summed E-state index contributed by atoms with van der Waals surface area (Å²) in [4.78, 5) is 0. The van der Waals surface area contributed by atoms with Gasteiger partial charge in [-0.05, 0) is 19.2 Å². The van der Waals surface area contributed by atoms with Crippen molar-refractivity contribution in [1.29, 1.82) is 0 Å². The van der Waals surface area contributed by atoms with Gasteiger partial charge in [-0.1, -0.05) is 18.2 Å². The third-order valence-electron chi connectivity index (χ3n) is 2.43. The molecule has 0 radical (unpaired) electrons. The highest BCUT2D eigenvalue weighted by Gasteiger charge is 2.12. The maximum absolute atomic E-state index is 5.63. The second kappa shape index (κ2) is 4.03. The van der Waals surface area contributed by atoms with Crippen molar-refractivity contribution in [1.82, 2.24) is 15.5 Å². The van der Waals surface area contributed by atoms with Crippen LogP contribution in [0.4, 0.5) is 0 Å². The van der Waals surface area contributed by atoms with Gasteiger partial charge < -0.3 is 14.2 Å². The van der Waals surface area contributed by atoms with Crippen LogP contribution in [-0.4, -0.2) is 17.2 Å². The van der Waals surface area contributed by atoms with Crippen LogP contribution in [0.5, 0.6) is 0 Å². The Morgan fingerprint density at radius 1 is 1.18 bits per heavy atom. The highest BCUT2D eigenvalue weighted by molar-refractivity contribution is 5.81. The van der Waals surface area contributed by atoms with E-state index in [2.05, 4.69) is 15.5 Å². The van der Waals surface area contributed by atoms with E-state index in [1.807, 2.05) is 37.4 Å². The molecule has 0 atom stereocenters. The zero-order valence-electron chi connectivity index (χ0n) is 9.30. The van der Waals surface area contributed by atoms with Crippen LogP contribution < -0.4 is 5.32 Å². The van der Waals surface area contributed by atoms with Crippen molar-refractivity contribution in [3.8, 4) is 11.7 Å². The van der Waals surface area contributed by atoms with Gasteiger partial charge in [-0.25, -0.2) is 0 Å². The second-order valence-corrected chi connectivity index (χ2v) is 3.68. The predicted octanol–water partition coefficient (Wildman–Crippen LogP) is 2.20. The number of rotatable bonds is 3. The molecule has 0 aliphatic carbocycles. The third kappa shape index (κ3) is 1.81. The van der Waals surface area contributed by atoms with E-state index in [0.717, 1.165) is 11.0 Å². The summed E-state index contributed by atoms with van der Waals surface area (Å²) in [5.74, 6) is 1.55. The van der Waals surface area contributed by atoms with E-state index in [0.29, 0.717) is 24.1 Å². The van der Waals surface area contributed by atoms with E-state index in [4.69, 9.17) is 8.83 Å². The molecule has 1 aromatic carbocycles. The van der Waals surface area contributed by atoms with E-state index in [1.54, 1.807) is 0 Å². The summed E-state index contributed by atoms with van der Waals surface area (Å²) in [5, 5.41) is 11.8. The van der Waals surface area contributed by atoms with Crippen LogP contribution in [-0.2, 0) is 6.54 Å². The summed E-state index contributed by atoms with van der Waals surface area (Å²) in [7, 11) is 1.82. The molecule has 0 fully saturated rings. The molecule has 2 heterocycles. The first-order valence-electron chi connectivity index (χ1n) is 5.33. The molecule has 3 rings (SSSR count). The molecule has 3 aromatic rings. The zero-order valence-corrected chi connectivity index (χ0v) is 9.30. The van der Waals surface area contributed by atoms with Crippen molar-refractivity contribution < 1.29 is 8.83 Å². The minimum Gasteiger partial charge on any atom is -0.451 e. The topological polar surface area (TPSA) is 64.1 Å². The maximum atomic E-state index is 5.63. The van der Waals surface area contributed by atoms with Crippen LogP contribution in [0.15, 0.2) is 39.2 Å². The van der Waals surface area contributed by atoms with Crippen LogP contribution in [0.25, 0.3) is 22.6 Å². The summed E-state index contributed by atoms with van der Waals surface area (Å²) in [6.07, 6.45) is 0. The minimum atomic E-state index is 0.409. The van der Waals surface area contributed by atoms with E-state index >= 15 is 0 Å². The molecule has 0 unspecified atom stereocenters. The lowest BCUT2D eigenvalue weighted by atomic mass is 10.2. The quantitative estimate of drug-likeness (QED) is 0.745. The summed E-state index contributed by atoms with van der Waals surface area (Å²) >= 11 is 0. The Hall–Kier alpha value is -2.14. The Labute approximate surface area is 97.4 Å². The average molecular weight is 229 g/mol. The highest BCUT2D eigenvalue weighted by Crippen LogP contribution is 2.26. The van der Waals surface area contributed by atoms with E-state index in [-0.39, 0.29) is 0 Å². The number of nitrogens with one attached hydrogen (secondary N) is 1. The number of hydrogen-bond donors (Lipinski definition) is 1.